The van der Waals surface area contributed by atoms with Crippen molar-refractivity contribution in [1.29, 1.82) is 0 Å². The number of nitrogens with one attached hydrogen (secondary N) is 1. The third-order valence-corrected chi connectivity index (χ3v) is 4.12. The topological polar surface area (TPSA) is 96.4 Å². The molecular formula is C16H18N2O4S. The fourth-order valence-electron chi connectivity index (χ4n) is 2.26. The van der Waals surface area contributed by atoms with E-state index in [1.54, 1.807) is 24.5 Å². The van der Waals surface area contributed by atoms with Crippen LogP contribution in [-0.2, 0) is 10.7 Å². The summed E-state index contributed by atoms with van der Waals surface area (Å²) >= 11 is 0. The fourth-order valence-corrected chi connectivity index (χ4v) is 2.93. The Kier molecular flexibility index (Phi) is 5.70. The van der Waals surface area contributed by atoms with E-state index in [1.807, 2.05) is 6.92 Å². The molecule has 2 rings (SSSR count). The van der Waals surface area contributed by atoms with Crippen molar-refractivity contribution in [3.63, 3.8) is 0 Å². The molecule has 6 nitrogen and oxygen atoms in total. The summed E-state index contributed by atoms with van der Waals surface area (Å²) < 4.78 is 23.3. The summed E-state index contributed by atoms with van der Waals surface area (Å²) in [5, 5.41) is 12.4. The van der Waals surface area contributed by atoms with Crippen molar-refractivity contribution < 1.29 is 18.3 Å². The Morgan fingerprint density at radius 3 is 2.52 bits per heavy atom. The van der Waals surface area contributed by atoms with Gasteiger partial charge in [0.2, 0.25) is 0 Å². The van der Waals surface area contributed by atoms with Gasteiger partial charge >= 0.3 is 5.97 Å². The predicted molar refractivity (Wildman–Crippen MR) is 88.6 cm³/mol. The second-order valence-electron chi connectivity index (χ2n) is 5.00. The molecule has 0 fully saturated rings. The maximum absolute atomic E-state index is 11.7. The second kappa shape index (κ2) is 7.73. The van der Waals surface area contributed by atoms with Crippen LogP contribution >= 0.6 is 0 Å². The number of carbonyl (C=O) groups is 1. The molecule has 0 saturated heterocycles. The van der Waals surface area contributed by atoms with Crippen molar-refractivity contribution in [3.8, 4) is 11.1 Å². The van der Waals surface area contributed by atoms with Crippen LogP contribution in [0.3, 0.4) is 0 Å². The number of carboxylic acids is 1. The number of aromatic carboxylic acids is 1. The van der Waals surface area contributed by atoms with E-state index in [0.717, 1.165) is 12.8 Å². The van der Waals surface area contributed by atoms with E-state index in [2.05, 4.69) is 10.3 Å². The van der Waals surface area contributed by atoms with Crippen molar-refractivity contribution >= 4 is 22.4 Å². The summed E-state index contributed by atoms with van der Waals surface area (Å²) in [6.07, 6.45) is 5.00. The van der Waals surface area contributed by atoms with E-state index < -0.39 is 16.7 Å². The molecule has 0 aliphatic heterocycles. The number of aromatic nitrogens is 1. The number of nitrogens with zero attached hydrogens (tertiary/aromatic N) is 1. The lowest BCUT2D eigenvalue weighted by Gasteiger charge is -2.15. The lowest BCUT2D eigenvalue weighted by atomic mass is 10.0. The molecular weight excluding hydrogens is 316 g/mol. The van der Waals surface area contributed by atoms with Gasteiger partial charge in [-0.05, 0) is 36.2 Å². The molecule has 1 aromatic carbocycles. The normalized spacial score (nSPS) is 10.7. The molecule has 0 saturated carbocycles. The number of pyridine rings is 1. The number of thiol groups is 1. The lowest BCUT2D eigenvalue weighted by molar-refractivity contribution is 0.0696. The van der Waals surface area contributed by atoms with Crippen molar-refractivity contribution in [3.05, 3.63) is 42.2 Å². The average Bonchev–Trinajstić information content (AvgIpc) is 2.55. The van der Waals surface area contributed by atoms with E-state index in [9.17, 15) is 18.3 Å². The molecule has 0 spiro atoms. The zero-order valence-corrected chi connectivity index (χ0v) is 13.5. The van der Waals surface area contributed by atoms with Gasteiger partial charge in [0.15, 0.2) is 10.7 Å². The molecule has 7 heteroatoms. The molecule has 0 unspecified atom stereocenters. The Morgan fingerprint density at radius 2 is 1.96 bits per heavy atom. The van der Waals surface area contributed by atoms with E-state index in [1.165, 1.54) is 12.1 Å². The molecule has 0 bridgehead atoms. The van der Waals surface area contributed by atoms with Crippen LogP contribution in [-0.4, -0.2) is 31.0 Å². The van der Waals surface area contributed by atoms with Gasteiger partial charge in [-0.3, -0.25) is 4.98 Å². The SMILES string of the molecule is CCCCNc1cc(C(=O)O)cc([SH](=O)=O)c1-c1ccncc1. The van der Waals surface area contributed by atoms with Crippen LogP contribution in [0, 0.1) is 0 Å². The Labute approximate surface area is 136 Å². The number of rotatable bonds is 7. The van der Waals surface area contributed by atoms with Gasteiger partial charge in [0.05, 0.1) is 10.5 Å². The minimum atomic E-state index is -2.94. The van der Waals surface area contributed by atoms with Gasteiger partial charge in [0.25, 0.3) is 0 Å². The van der Waals surface area contributed by atoms with E-state index >= 15 is 0 Å². The molecule has 1 heterocycles. The molecule has 2 N–H and O–H groups in total. The van der Waals surface area contributed by atoms with Gasteiger partial charge < -0.3 is 10.4 Å². The maximum Gasteiger partial charge on any atom is 0.335 e. The van der Waals surface area contributed by atoms with Gasteiger partial charge in [-0.1, -0.05) is 13.3 Å². The van der Waals surface area contributed by atoms with Crippen LogP contribution < -0.4 is 5.32 Å². The van der Waals surface area contributed by atoms with Crippen molar-refractivity contribution in [2.24, 2.45) is 0 Å². The summed E-state index contributed by atoms with van der Waals surface area (Å²) in [5.41, 5.74) is 1.59. The molecule has 23 heavy (non-hydrogen) atoms. The lowest BCUT2D eigenvalue weighted by Crippen LogP contribution is -2.07. The van der Waals surface area contributed by atoms with Crippen molar-refractivity contribution in [2.75, 3.05) is 11.9 Å². The average molecular weight is 334 g/mol. The van der Waals surface area contributed by atoms with Gasteiger partial charge in [-0.25, -0.2) is 13.2 Å². The number of carboxylic acid groups (broad SMARTS) is 1. The highest BCUT2D eigenvalue weighted by atomic mass is 32.2. The minimum absolute atomic E-state index is 0.00917. The third kappa shape index (κ3) is 4.07. The van der Waals surface area contributed by atoms with Gasteiger partial charge in [0.1, 0.15) is 0 Å². The number of hydrogen-bond acceptors (Lipinski definition) is 5. The van der Waals surface area contributed by atoms with E-state index in [4.69, 9.17) is 0 Å². The van der Waals surface area contributed by atoms with Crippen LogP contribution in [0.2, 0.25) is 0 Å². The Balaban J connectivity index is 2.66. The van der Waals surface area contributed by atoms with Crippen LogP contribution in [0.5, 0.6) is 0 Å². The summed E-state index contributed by atoms with van der Waals surface area (Å²) in [6, 6.07) is 6.05. The first kappa shape index (κ1) is 17.0. The zero-order chi connectivity index (χ0) is 16.8. The maximum atomic E-state index is 11.7. The fraction of sp³-hybridized carbons (Fsp3) is 0.250. The van der Waals surface area contributed by atoms with Crippen LogP contribution in [0.25, 0.3) is 11.1 Å². The molecule has 1 aromatic heterocycles. The molecule has 0 aliphatic carbocycles. The largest absolute Gasteiger partial charge is 0.478 e. The number of benzene rings is 1. The highest BCUT2D eigenvalue weighted by Crippen LogP contribution is 2.34. The first-order valence-electron chi connectivity index (χ1n) is 7.24. The summed E-state index contributed by atoms with van der Waals surface area (Å²) in [7, 11) is -2.94. The summed E-state index contributed by atoms with van der Waals surface area (Å²) in [6.45, 7) is 2.67. The second-order valence-corrected chi connectivity index (χ2v) is 5.99. The monoisotopic (exact) mass is 334 g/mol. The van der Waals surface area contributed by atoms with Gasteiger partial charge in [-0.15, -0.1) is 0 Å². The number of hydrogen-bond donors (Lipinski definition) is 3. The molecule has 0 aliphatic rings. The molecule has 0 radical (unpaired) electrons. The molecule has 0 amide bonds. The van der Waals surface area contributed by atoms with E-state index in [0.29, 0.717) is 23.4 Å². The Bertz CT molecular complexity index is 765. The summed E-state index contributed by atoms with van der Waals surface area (Å²) in [4.78, 5) is 15.2. The highest BCUT2D eigenvalue weighted by molar-refractivity contribution is 7.72. The smallest absolute Gasteiger partial charge is 0.335 e. The standard InChI is InChI=1S/C16H18N2O4S/c1-2-3-6-18-13-9-12(16(19)20)10-14(23(21)22)15(13)11-4-7-17-8-5-11/h4-5,7-10,18,23H,2-3,6H2,1H3,(H,19,20). The Hall–Kier alpha value is -2.41. The predicted octanol–water partition coefficient (Wildman–Crippen LogP) is 2.63. The third-order valence-electron chi connectivity index (χ3n) is 3.38. The minimum Gasteiger partial charge on any atom is -0.478 e. The highest BCUT2D eigenvalue weighted by Gasteiger charge is 2.17. The van der Waals surface area contributed by atoms with E-state index in [-0.39, 0.29) is 10.5 Å². The quantitative estimate of drug-likeness (QED) is 0.532. The van der Waals surface area contributed by atoms with Gasteiger partial charge in [0, 0.05) is 30.2 Å². The molecule has 0 atom stereocenters. The van der Waals surface area contributed by atoms with Crippen LogP contribution in [0.1, 0.15) is 30.1 Å². The molecule has 2 aromatic rings. The van der Waals surface area contributed by atoms with Gasteiger partial charge in [-0.2, -0.15) is 0 Å². The summed E-state index contributed by atoms with van der Waals surface area (Å²) in [5.74, 6) is -1.16. The first-order valence-corrected chi connectivity index (χ1v) is 8.42. The zero-order valence-electron chi connectivity index (χ0n) is 12.7. The van der Waals surface area contributed by atoms with Crippen molar-refractivity contribution in [2.45, 2.75) is 24.7 Å². The van der Waals surface area contributed by atoms with Crippen LogP contribution in [0.4, 0.5) is 5.69 Å². The van der Waals surface area contributed by atoms with Crippen molar-refractivity contribution in [1.82, 2.24) is 4.98 Å². The van der Waals surface area contributed by atoms with Crippen LogP contribution in [0.15, 0.2) is 41.6 Å². The number of anilines is 1. The first-order chi connectivity index (χ1) is 11.0. The number of unbranched alkanes of at least 4 members (excludes halogenated alkanes) is 1. The Morgan fingerprint density at radius 1 is 1.26 bits per heavy atom. The molecule has 122 valence electrons.